The smallest absolute Gasteiger partial charge is 0.255 e. The number of fused-ring (bicyclic) bond motifs is 2. The van der Waals surface area contributed by atoms with Crippen molar-refractivity contribution in [3.8, 4) is 11.8 Å². The van der Waals surface area contributed by atoms with Gasteiger partial charge in [-0.05, 0) is 92.8 Å². The molecule has 3 amide bonds. The minimum atomic E-state index is -0.635. The Hall–Kier alpha value is -5.64. The van der Waals surface area contributed by atoms with Gasteiger partial charge in [0, 0.05) is 58.7 Å². The number of thiophene rings is 1. The van der Waals surface area contributed by atoms with Crippen molar-refractivity contribution in [1.29, 1.82) is 10.8 Å². The van der Waals surface area contributed by atoms with Gasteiger partial charge in [-0.3, -0.25) is 40.4 Å². The molecule has 1 saturated heterocycles. The Bertz CT molecular complexity index is 2250. The van der Waals surface area contributed by atoms with Crippen molar-refractivity contribution in [2.75, 3.05) is 23.3 Å². The van der Waals surface area contributed by atoms with Gasteiger partial charge in [-0.25, -0.2) is 4.98 Å². The third kappa shape index (κ3) is 7.36. The second kappa shape index (κ2) is 15.1. The summed E-state index contributed by atoms with van der Waals surface area (Å²) >= 11 is 7.61. The summed E-state index contributed by atoms with van der Waals surface area (Å²) in [5, 5.41) is 24.3. The number of unbranched alkanes of at least 4 members (excludes halogenated alkanes) is 1. The SMILES string of the molecule is CC(=N)N1C(=N)CN=C(c2ccc(Cl)cc2)c2c1sc(C#Cc1ccc(CCCCNc3cccc4c3CN(C3CCC(=O)NC3=O)C4=O)cn1)c2C. The number of benzene rings is 2. The van der Waals surface area contributed by atoms with Crippen LogP contribution in [0.25, 0.3) is 0 Å². The third-order valence-electron chi connectivity index (χ3n) is 9.60. The average molecular weight is 745 g/mol. The molecule has 1 unspecified atom stereocenters. The highest BCUT2D eigenvalue weighted by molar-refractivity contribution is 7.17. The van der Waals surface area contributed by atoms with Crippen LogP contribution in [0, 0.1) is 29.6 Å². The number of rotatable bonds is 8. The number of nitrogens with zero attached hydrogens (tertiary/aromatic N) is 4. The van der Waals surface area contributed by atoms with E-state index in [2.05, 4.69) is 27.5 Å². The Morgan fingerprint density at radius 1 is 1.09 bits per heavy atom. The van der Waals surface area contributed by atoms with Crippen molar-refractivity contribution in [3.63, 3.8) is 0 Å². The Morgan fingerprint density at radius 2 is 1.91 bits per heavy atom. The van der Waals surface area contributed by atoms with Crippen LogP contribution >= 0.6 is 22.9 Å². The Kier molecular flexibility index (Phi) is 10.2. The van der Waals surface area contributed by atoms with E-state index in [1.165, 1.54) is 11.3 Å². The van der Waals surface area contributed by atoms with E-state index in [0.717, 1.165) is 74.9 Å². The second-order valence-electron chi connectivity index (χ2n) is 13.2. The van der Waals surface area contributed by atoms with Crippen LogP contribution in [0.3, 0.4) is 0 Å². The van der Waals surface area contributed by atoms with Crippen molar-refractivity contribution in [1.82, 2.24) is 15.2 Å². The maximum Gasteiger partial charge on any atom is 0.255 e. The van der Waals surface area contributed by atoms with E-state index in [0.29, 0.717) is 29.2 Å². The lowest BCUT2D eigenvalue weighted by Crippen LogP contribution is -2.52. The molecular weight excluding hydrogens is 708 g/mol. The number of hydrogen-bond donors (Lipinski definition) is 4. The Balaban J connectivity index is 0.970. The van der Waals surface area contributed by atoms with E-state index in [9.17, 15) is 14.4 Å². The first-order valence-corrected chi connectivity index (χ1v) is 18.6. The lowest BCUT2D eigenvalue weighted by atomic mass is 9.99. The molecule has 4 aromatic rings. The van der Waals surface area contributed by atoms with Crippen LogP contribution in [0.4, 0.5) is 10.7 Å². The highest BCUT2D eigenvalue weighted by Gasteiger charge is 2.40. The number of nitrogens with one attached hydrogen (secondary N) is 4. The molecule has 1 atom stereocenters. The summed E-state index contributed by atoms with van der Waals surface area (Å²) in [6, 6.07) is 16.4. The number of piperidine rings is 1. The normalized spacial score (nSPS) is 16.7. The Labute approximate surface area is 316 Å². The number of carbonyl (C=O) groups excluding carboxylic acids is 3. The van der Waals surface area contributed by atoms with E-state index in [1.807, 2.05) is 61.7 Å². The van der Waals surface area contributed by atoms with Gasteiger partial charge in [0.1, 0.15) is 28.4 Å². The molecule has 0 radical (unpaired) electrons. The summed E-state index contributed by atoms with van der Waals surface area (Å²) in [4.78, 5) is 50.6. The standard InChI is InChI=1S/C40H37ClN8O3S/c1-23-33(53-40-36(23)37(26-10-12-27(41)13-11-26)46-21-34(43)49(40)24(2)42)17-15-28-14-9-25(20-45-28)6-3-4-19-44-31-8-5-7-29-30(31)22-48(39(29)52)32-16-18-35(50)47-38(32)51/h5,7-14,20,32,42-44H,3-4,6,16,18-19,21-22H2,1-2H3,(H,47,50,51). The van der Waals surface area contributed by atoms with Gasteiger partial charge < -0.3 is 10.2 Å². The number of hydrogen-bond acceptors (Lipinski definition) is 9. The van der Waals surface area contributed by atoms with Gasteiger partial charge >= 0.3 is 0 Å². The molecule has 0 aliphatic carbocycles. The summed E-state index contributed by atoms with van der Waals surface area (Å²) in [7, 11) is 0. The van der Waals surface area contributed by atoms with Crippen LogP contribution < -0.4 is 15.5 Å². The van der Waals surface area contributed by atoms with Crippen molar-refractivity contribution in [2.24, 2.45) is 4.99 Å². The number of imide groups is 1. The van der Waals surface area contributed by atoms with Crippen LogP contribution in [0.5, 0.6) is 0 Å². The summed E-state index contributed by atoms with van der Waals surface area (Å²) < 4.78 is 0. The number of anilines is 2. The maximum atomic E-state index is 13.1. The van der Waals surface area contributed by atoms with Gasteiger partial charge in [0.15, 0.2) is 0 Å². The lowest BCUT2D eigenvalue weighted by molar-refractivity contribution is -0.136. The molecule has 4 N–H and O–H groups in total. The van der Waals surface area contributed by atoms with Gasteiger partial charge in [0.25, 0.3) is 5.91 Å². The van der Waals surface area contributed by atoms with Gasteiger partial charge in [-0.2, -0.15) is 0 Å². The molecule has 0 bridgehead atoms. The monoisotopic (exact) mass is 744 g/mol. The topological polar surface area (TPSA) is 155 Å². The zero-order valence-electron chi connectivity index (χ0n) is 29.3. The first-order chi connectivity index (χ1) is 25.6. The molecule has 5 heterocycles. The van der Waals surface area contributed by atoms with Gasteiger partial charge in [0.2, 0.25) is 11.8 Å². The minimum Gasteiger partial charge on any atom is -0.385 e. The number of amidine groups is 2. The number of carbonyl (C=O) groups is 3. The molecule has 0 spiro atoms. The number of amides is 3. The summed E-state index contributed by atoms with van der Waals surface area (Å²) in [5.74, 6) is 6.10. The van der Waals surface area contributed by atoms with Crippen LogP contribution in [0.1, 0.15) is 81.4 Å². The molecule has 7 rings (SSSR count). The fourth-order valence-corrected chi connectivity index (χ4v) is 8.24. The number of aromatic nitrogens is 1. The van der Waals surface area contributed by atoms with E-state index in [-0.39, 0.29) is 36.5 Å². The van der Waals surface area contributed by atoms with E-state index < -0.39 is 11.9 Å². The summed E-state index contributed by atoms with van der Waals surface area (Å²) in [6.07, 6.45) is 5.12. The van der Waals surface area contributed by atoms with Crippen LogP contribution in [-0.4, -0.2) is 64.1 Å². The molecule has 0 saturated carbocycles. The van der Waals surface area contributed by atoms with E-state index in [1.54, 1.807) is 22.8 Å². The highest BCUT2D eigenvalue weighted by atomic mass is 35.5. The predicted molar refractivity (Wildman–Crippen MR) is 209 cm³/mol. The molecule has 2 aromatic heterocycles. The first kappa shape index (κ1) is 35.7. The van der Waals surface area contributed by atoms with Crippen LogP contribution in [-0.2, 0) is 22.6 Å². The fourth-order valence-electron chi connectivity index (χ4n) is 6.87. The second-order valence-corrected chi connectivity index (χ2v) is 14.6. The third-order valence-corrected chi connectivity index (χ3v) is 11.0. The highest BCUT2D eigenvalue weighted by Crippen LogP contribution is 2.39. The van der Waals surface area contributed by atoms with Crippen LogP contribution in [0.15, 0.2) is 65.8 Å². The van der Waals surface area contributed by atoms with Gasteiger partial charge in [0.05, 0.1) is 17.1 Å². The van der Waals surface area contributed by atoms with Crippen molar-refractivity contribution < 1.29 is 14.4 Å². The van der Waals surface area contributed by atoms with Crippen LogP contribution in [0.2, 0.25) is 5.02 Å². The molecule has 2 aromatic carbocycles. The molecule has 53 heavy (non-hydrogen) atoms. The average Bonchev–Trinajstić information content (AvgIpc) is 3.58. The van der Waals surface area contributed by atoms with Crippen molar-refractivity contribution in [2.45, 2.75) is 58.5 Å². The number of pyridine rings is 1. The number of halogens is 1. The van der Waals surface area contributed by atoms with Gasteiger partial charge in [-0.1, -0.05) is 35.9 Å². The zero-order valence-corrected chi connectivity index (χ0v) is 30.9. The number of aliphatic imine (C=N–C) groups is 1. The molecule has 13 heteroatoms. The fraction of sp³-hybridized carbons (Fsp3) is 0.275. The minimum absolute atomic E-state index is 0.160. The molecule has 3 aliphatic rings. The maximum absolute atomic E-state index is 13.1. The quantitative estimate of drug-likeness (QED) is 0.0544. The Morgan fingerprint density at radius 3 is 2.64 bits per heavy atom. The largest absolute Gasteiger partial charge is 0.385 e. The molecular formula is C40H37ClN8O3S. The predicted octanol–water partition coefficient (Wildman–Crippen LogP) is 6.33. The molecule has 11 nitrogen and oxygen atoms in total. The molecule has 3 aliphatic heterocycles. The van der Waals surface area contributed by atoms with E-state index in [4.69, 9.17) is 27.4 Å². The molecule has 268 valence electrons. The van der Waals surface area contributed by atoms with E-state index >= 15 is 0 Å². The summed E-state index contributed by atoms with van der Waals surface area (Å²) in [5.41, 5.74) is 7.58. The lowest BCUT2D eigenvalue weighted by Gasteiger charge is -2.29. The first-order valence-electron chi connectivity index (χ1n) is 17.4. The molecule has 1 fully saturated rings. The zero-order chi connectivity index (χ0) is 37.2. The van der Waals surface area contributed by atoms with Crippen molar-refractivity contribution in [3.05, 3.63) is 110 Å². The summed E-state index contributed by atoms with van der Waals surface area (Å²) in [6.45, 7) is 4.90. The van der Waals surface area contributed by atoms with Gasteiger partial charge in [-0.15, -0.1) is 11.3 Å². The van der Waals surface area contributed by atoms with Crippen molar-refractivity contribution >= 4 is 68.7 Å². The number of aryl methyl sites for hydroxylation is 1.